The molecule has 0 unspecified atom stereocenters. The predicted octanol–water partition coefficient (Wildman–Crippen LogP) is 3.46. The van der Waals surface area contributed by atoms with Gasteiger partial charge in [-0.3, -0.25) is 4.79 Å². The minimum atomic E-state index is -0.123. The molecular formula is C21H23NO5. The van der Waals surface area contributed by atoms with E-state index in [0.717, 1.165) is 22.0 Å². The second kappa shape index (κ2) is 7.61. The molecule has 3 rings (SSSR count). The highest BCUT2D eigenvalue weighted by Crippen LogP contribution is 2.35. The normalized spacial score (nSPS) is 10.7. The van der Waals surface area contributed by atoms with E-state index in [4.69, 9.17) is 18.9 Å². The topological polar surface area (TPSA) is 69.8 Å². The van der Waals surface area contributed by atoms with E-state index in [1.807, 2.05) is 37.3 Å². The smallest absolute Gasteiger partial charge is 0.252 e. The van der Waals surface area contributed by atoms with Crippen LogP contribution in [0.3, 0.4) is 0 Å². The number of H-pyrrole nitrogens is 1. The van der Waals surface area contributed by atoms with Crippen LogP contribution in [0.4, 0.5) is 0 Å². The average Bonchev–Trinajstić information content (AvgIpc) is 2.69. The van der Waals surface area contributed by atoms with Gasteiger partial charge in [-0.1, -0.05) is 6.07 Å². The third-order valence-electron chi connectivity index (χ3n) is 4.66. The van der Waals surface area contributed by atoms with Crippen molar-refractivity contribution in [3.8, 4) is 23.0 Å². The fourth-order valence-corrected chi connectivity index (χ4v) is 3.24. The van der Waals surface area contributed by atoms with Crippen LogP contribution in [0.2, 0.25) is 0 Å². The fraction of sp³-hybridized carbons (Fsp3) is 0.286. The van der Waals surface area contributed by atoms with Gasteiger partial charge in [-0.15, -0.1) is 0 Å². The molecule has 1 aromatic heterocycles. The third-order valence-corrected chi connectivity index (χ3v) is 4.66. The number of aromatic amines is 1. The Bertz CT molecular complexity index is 1040. The highest BCUT2D eigenvalue weighted by atomic mass is 16.5. The van der Waals surface area contributed by atoms with E-state index in [9.17, 15) is 4.79 Å². The maximum absolute atomic E-state index is 12.7. The molecule has 0 atom stereocenters. The summed E-state index contributed by atoms with van der Waals surface area (Å²) < 4.78 is 21.5. The van der Waals surface area contributed by atoms with Gasteiger partial charge in [0.05, 0.1) is 28.4 Å². The van der Waals surface area contributed by atoms with Crippen LogP contribution >= 0.6 is 0 Å². The van der Waals surface area contributed by atoms with Crippen LogP contribution in [0.15, 0.2) is 35.1 Å². The molecule has 6 heteroatoms. The van der Waals surface area contributed by atoms with Crippen molar-refractivity contribution in [1.82, 2.24) is 4.98 Å². The molecule has 1 heterocycles. The zero-order chi connectivity index (χ0) is 19.6. The lowest BCUT2D eigenvalue weighted by Crippen LogP contribution is -2.15. The number of fused-ring (bicyclic) bond motifs is 1. The summed E-state index contributed by atoms with van der Waals surface area (Å²) in [5.74, 6) is 2.48. The van der Waals surface area contributed by atoms with Crippen LogP contribution in [0, 0.1) is 6.92 Å². The van der Waals surface area contributed by atoms with E-state index in [2.05, 4.69) is 4.98 Å². The number of aromatic nitrogens is 1. The second-order valence-electron chi connectivity index (χ2n) is 6.18. The Morgan fingerprint density at radius 3 is 1.93 bits per heavy atom. The number of rotatable bonds is 6. The lowest BCUT2D eigenvalue weighted by Gasteiger charge is -2.14. The highest BCUT2D eigenvalue weighted by molar-refractivity contribution is 5.90. The Morgan fingerprint density at radius 2 is 1.33 bits per heavy atom. The first-order valence-electron chi connectivity index (χ1n) is 8.50. The van der Waals surface area contributed by atoms with Gasteiger partial charge < -0.3 is 23.9 Å². The van der Waals surface area contributed by atoms with E-state index < -0.39 is 0 Å². The van der Waals surface area contributed by atoms with Crippen LogP contribution in [-0.4, -0.2) is 33.4 Å². The van der Waals surface area contributed by atoms with Crippen molar-refractivity contribution in [3.05, 3.63) is 57.5 Å². The number of hydrogen-bond donors (Lipinski definition) is 1. The number of benzene rings is 2. The van der Waals surface area contributed by atoms with E-state index >= 15 is 0 Å². The van der Waals surface area contributed by atoms with Crippen molar-refractivity contribution < 1.29 is 18.9 Å². The summed E-state index contributed by atoms with van der Waals surface area (Å²) in [7, 11) is 6.36. The van der Waals surface area contributed by atoms with Crippen LogP contribution in [-0.2, 0) is 6.42 Å². The molecule has 1 N–H and O–H groups in total. The van der Waals surface area contributed by atoms with Gasteiger partial charge in [-0.05, 0) is 42.1 Å². The number of nitrogens with one attached hydrogen (secondary N) is 1. The molecule has 0 saturated carbocycles. The van der Waals surface area contributed by atoms with Gasteiger partial charge in [0.25, 0.3) is 5.56 Å². The van der Waals surface area contributed by atoms with Gasteiger partial charge in [0.15, 0.2) is 23.0 Å². The fourth-order valence-electron chi connectivity index (χ4n) is 3.24. The standard InChI is InChI=1S/C21H23NO5/c1-12-14-10-19(26-4)20(27-5)11-15(14)16(21(23)22-12)8-13-6-7-17(24-2)18(9-13)25-3/h6-7,9-11H,8H2,1-5H3,(H,22,23). The maximum atomic E-state index is 12.7. The zero-order valence-electron chi connectivity index (χ0n) is 16.1. The molecule has 0 radical (unpaired) electrons. The molecular weight excluding hydrogens is 346 g/mol. The van der Waals surface area contributed by atoms with Gasteiger partial charge in [0.2, 0.25) is 0 Å². The first-order chi connectivity index (χ1) is 13.0. The van der Waals surface area contributed by atoms with Gasteiger partial charge in [-0.25, -0.2) is 0 Å². The lowest BCUT2D eigenvalue weighted by molar-refractivity contribution is 0.354. The van der Waals surface area contributed by atoms with Gasteiger partial charge in [0, 0.05) is 23.1 Å². The summed E-state index contributed by atoms with van der Waals surface area (Å²) in [6, 6.07) is 9.38. The highest BCUT2D eigenvalue weighted by Gasteiger charge is 2.15. The maximum Gasteiger partial charge on any atom is 0.252 e. The monoisotopic (exact) mass is 369 g/mol. The lowest BCUT2D eigenvalue weighted by atomic mass is 9.98. The van der Waals surface area contributed by atoms with Crippen molar-refractivity contribution in [3.63, 3.8) is 0 Å². The summed E-state index contributed by atoms with van der Waals surface area (Å²) in [5, 5.41) is 1.76. The van der Waals surface area contributed by atoms with Crippen molar-refractivity contribution in [1.29, 1.82) is 0 Å². The Kier molecular flexibility index (Phi) is 5.26. The molecule has 142 valence electrons. The molecule has 0 aliphatic heterocycles. The van der Waals surface area contributed by atoms with Crippen molar-refractivity contribution in [2.75, 3.05) is 28.4 Å². The van der Waals surface area contributed by atoms with Crippen LogP contribution in [0.1, 0.15) is 16.8 Å². The van der Waals surface area contributed by atoms with E-state index in [0.29, 0.717) is 35.0 Å². The Morgan fingerprint density at radius 1 is 0.778 bits per heavy atom. The Labute approximate surface area is 157 Å². The number of pyridine rings is 1. The van der Waals surface area contributed by atoms with E-state index in [1.165, 1.54) is 0 Å². The predicted molar refractivity (Wildman–Crippen MR) is 105 cm³/mol. The van der Waals surface area contributed by atoms with Crippen LogP contribution in [0.5, 0.6) is 23.0 Å². The average molecular weight is 369 g/mol. The van der Waals surface area contributed by atoms with Gasteiger partial charge in [0.1, 0.15) is 0 Å². The van der Waals surface area contributed by atoms with Crippen molar-refractivity contribution in [2.45, 2.75) is 13.3 Å². The summed E-state index contributed by atoms with van der Waals surface area (Å²) in [4.78, 5) is 15.6. The first-order valence-corrected chi connectivity index (χ1v) is 8.50. The summed E-state index contributed by atoms with van der Waals surface area (Å²) >= 11 is 0. The third kappa shape index (κ3) is 3.43. The second-order valence-corrected chi connectivity index (χ2v) is 6.18. The van der Waals surface area contributed by atoms with Crippen LogP contribution in [0.25, 0.3) is 10.8 Å². The molecule has 6 nitrogen and oxygen atoms in total. The first kappa shape index (κ1) is 18.6. The minimum Gasteiger partial charge on any atom is -0.493 e. The molecule has 0 saturated heterocycles. The van der Waals surface area contributed by atoms with E-state index in [-0.39, 0.29) is 5.56 Å². The summed E-state index contributed by atoms with van der Waals surface area (Å²) in [5.41, 5.74) is 2.26. The quantitative estimate of drug-likeness (QED) is 0.721. The minimum absolute atomic E-state index is 0.123. The number of hydrogen-bond acceptors (Lipinski definition) is 5. The van der Waals surface area contributed by atoms with Gasteiger partial charge >= 0.3 is 0 Å². The molecule has 0 amide bonds. The van der Waals surface area contributed by atoms with Gasteiger partial charge in [-0.2, -0.15) is 0 Å². The van der Waals surface area contributed by atoms with Crippen LogP contribution < -0.4 is 24.5 Å². The Balaban J connectivity index is 2.18. The SMILES string of the molecule is COc1ccc(Cc2c(=O)[nH]c(C)c3cc(OC)c(OC)cc23)cc1OC. The van der Waals surface area contributed by atoms with E-state index in [1.54, 1.807) is 28.4 Å². The molecule has 27 heavy (non-hydrogen) atoms. The number of aryl methyl sites for hydroxylation is 1. The molecule has 0 aliphatic carbocycles. The van der Waals surface area contributed by atoms with Crippen molar-refractivity contribution >= 4 is 10.8 Å². The molecule has 0 fully saturated rings. The number of methoxy groups -OCH3 is 4. The molecule has 3 aromatic rings. The van der Waals surface area contributed by atoms with Crippen molar-refractivity contribution in [2.24, 2.45) is 0 Å². The molecule has 2 aromatic carbocycles. The largest absolute Gasteiger partial charge is 0.493 e. The molecule has 0 bridgehead atoms. The Hall–Kier alpha value is -3.15. The summed E-state index contributed by atoms with van der Waals surface area (Å²) in [6.07, 6.45) is 0.446. The molecule has 0 aliphatic rings. The number of ether oxygens (including phenoxy) is 4. The zero-order valence-corrected chi connectivity index (χ0v) is 16.1. The summed E-state index contributed by atoms with van der Waals surface area (Å²) in [6.45, 7) is 1.87. The molecule has 0 spiro atoms.